The topological polar surface area (TPSA) is 73.6 Å². The Morgan fingerprint density at radius 1 is 1.73 bits per heavy atom. The van der Waals surface area contributed by atoms with Gasteiger partial charge in [-0.15, -0.1) is 0 Å². The molecule has 0 radical (unpaired) electrons. The second kappa shape index (κ2) is 4.15. The normalized spacial score (nSPS) is 25.6. The SMILES string of the molecule is NC(=O)OC1CNCCOC1. The van der Waals surface area contributed by atoms with Gasteiger partial charge < -0.3 is 20.5 Å². The van der Waals surface area contributed by atoms with Crippen LogP contribution in [0.2, 0.25) is 0 Å². The summed E-state index contributed by atoms with van der Waals surface area (Å²) in [5.74, 6) is 0. The van der Waals surface area contributed by atoms with E-state index in [0.29, 0.717) is 19.8 Å². The summed E-state index contributed by atoms with van der Waals surface area (Å²) in [6.45, 7) is 2.48. The maximum atomic E-state index is 10.3. The quantitative estimate of drug-likeness (QED) is 0.519. The van der Waals surface area contributed by atoms with E-state index in [1.165, 1.54) is 0 Å². The lowest BCUT2D eigenvalue weighted by atomic mass is 10.4. The number of nitrogens with one attached hydrogen (secondary N) is 1. The predicted molar refractivity (Wildman–Crippen MR) is 38.1 cm³/mol. The molecule has 1 saturated heterocycles. The van der Waals surface area contributed by atoms with E-state index in [9.17, 15) is 4.79 Å². The van der Waals surface area contributed by atoms with Gasteiger partial charge in [0.2, 0.25) is 0 Å². The van der Waals surface area contributed by atoms with Gasteiger partial charge in [-0.25, -0.2) is 4.79 Å². The number of rotatable bonds is 1. The van der Waals surface area contributed by atoms with Crippen molar-refractivity contribution in [1.29, 1.82) is 0 Å². The zero-order valence-electron chi connectivity index (χ0n) is 6.21. The van der Waals surface area contributed by atoms with Gasteiger partial charge in [0.15, 0.2) is 0 Å². The monoisotopic (exact) mass is 160 g/mol. The first kappa shape index (κ1) is 8.29. The maximum absolute atomic E-state index is 10.3. The average molecular weight is 160 g/mol. The molecule has 0 bridgehead atoms. The molecule has 5 nitrogen and oxygen atoms in total. The number of nitrogens with two attached hydrogens (primary N) is 1. The van der Waals surface area contributed by atoms with Crippen LogP contribution in [0.15, 0.2) is 0 Å². The van der Waals surface area contributed by atoms with Crippen LogP contribution in [-0.2, 0) is 9.47 Å². The van der Waals surface area contributed by atoms with Gasteiger partial charge in [-0.1, -0.05) is 0 Å². The second-order valence-corrected chi connectivity index (χ2v) is 2.34. The first-order valence-electron chi connectivity index (χ1n) is 3.53. The summed E-state index contributed by atoms with van der Waals surface area (Å²) in [5.41, 5.74) is 4.83. The second-order valence-electron chi connectivity index (χ2n) is 2.34. The van der Waals surface area contributed by atoms with E-state index in [1.807, 2.05) is 0 Å². The molecule has 1 amide bonds. The zero-order valence-corrected chi connectivity index (χ0v) is 6.21. The Hall–Kier alpha value is -0.810. The van der Waals surface area contributed by atoms with E-state index in [4.69, 9.17) is 15.2 Å². The van der Waals surface area contributed by atoms with Crippen LogP contribution in [0.25, 0.3) is 0 Å². The van der Waals surface area contributed by atoms with Crippen molar-refractivity contribution in [3.05, 3.63) is 0 Å². The van der Waals surface area contributed by atoms with E-state index >= 15 is 0 Å². The summed E-state index contributed by atoms with van der Waals surface area (Å²) < 4.78 is 9.84. The maximum Gasteiger partial charge on any atom is 0.404 e. The lowest BCUT2D eigenvalue weighted by Crippen LogP contribution is -2.33. The Balaban J connectivity index is 2.25. The molecule has 1 aliphatic heterocycles. The summed E-state index contributed by atoms with van der Waals surface area (Å²) in [7, 11) is 0. The Morgan fingerprint density at radius 2 is 2.55 bits per heavy atom. The average Bonchev–Trinajstić information content (AvgIpc) is 2.14. The van der Waals surface area contributed by atoms with Crippen LogP contribution in [0.3, 0.4) is 0 Å². The van der Waals surface area contributed by atoms with Crippen LogP contribution in [0, 0.1) is 0 Å². The smallest absolute Gasteiger partial charge is 0.404 e. The number of carbonyl (C=O) groups is 1. The Bertz CT molecular complexity index is 132. The summed E-state index contributed by atoms with van der Waals surface area (Å²) in [6.07, 6.45) is -0.989. The fraction of sp³-hybridized carbons (Fsp3) is 0.833. The fourth-order valence-electron chi connectivity index (χ4n) is 0.921. The Labute approximate surface area is 64.8 Å². The number of hydrogen-bond donors (Lipinski definition) is 2. The number of carbonyl (C=O) groups excluding carboxylic acids is 1. The lowest BCUT2D eigenvalue weighted by molar-refractivity contribution is 0.0419. The molecule has 1 atom stereocenters. The molecule has 1 aliphatic rings. The lowest BCUT2D eigenvalue weighted by Gasteiger charge is -2.12. The van der Waals surface area contributed by atoms with E-state index in [1.54, 1.807) is 0 Å². The zero-order chi connectivity index (χ0) is 8.10. The van der Waals surface area contributed by atoms with Gasteiger partial charge in [0.25, 0.3) is 0 Å². The van der Waals surface area contributed by atoms with E-state index < -0.39 is 6.09 Å². The largest absolute Gasteiger partial charge is 0.443 e. The molecule has 1 rings (SSSR count). The molecule has 0 aromatic rings. The highest BCUT2D eigenvalue weighted by atomic mass is 16.6. The first-order chi connectivity index (χ1) is 5.29. The fourth-order valence-corrected chi connectivity index (χ4v) is 0.921. The minimum Gasteiger partial charge on any atom is -0.443 e. The molecule has 1 unspecified atom stereocenters. The molecule has 0 aliphatic carbocycles. The minimum atomic E-state index is -0.748. The highest BCUT2D eigenvalue weighted by molar-refractivity contribution is 5.64. The molecule has 64 valence electrons. The van der Waals surface area contributed by atoms with E-state index in [0.717, 1.165) is 6.54 Å². The van der Waals surface area contributed by atoms with Crippen LogP contribution in [0.5, 0.6) is 0 Å². The summed E-state index contributed by atoms with van der Waals surface area (Å²) in [5, 5.41) is 3.04. The van der Waals surface area contributed by atoms with Crippen molar-refractivity contribution >= 4 is 6.09 Å². The molecule has 0 aromatic carbocycles. The molecule has 0 saturated carbocycles. The van der Waals surface area contributed by atoms with Crippen molar-refractivity contribution in [2.75, 3.05) is 26.3 Å². The van der Waals surface area contributed by atoms with Crippen molar-refractivity contribution in [2.24, 2.45) is 5.73 Å². The molecule has 3 N–H and O–H groups in total. The Kier molecular flexibility index (Phi) is 3.13. The summed E-state index contributed by atoms with van der Waals surface area (Å²) in [4.78, 5) is 10.3. The highest BCUT2D eigenvalue weighted by Crippen LogP contribution is 1.95. The predicted octanol–water partition coefficient (Wildman–Crippen LogP) is -0.930. The molecule has 0 spiro atoms. The molecule has 1 heterocycles. The molecule has 5 heteroatoms. The molecular weight excluding hydrogens is 148 g/mol. The van der Waals surface area contributed by atoms with Crippen LogP contribution in [-0.4, -0.2) is 38.5 Å². The molecule has 0 aromatic heterocycles. The molecule has 1 fully saturated rings. The van der Waals surface area contributed by atoms with E-state index in [2.05, 4.69) is 5.32 Å². The first-order valence-corrected chi connectivity index (χ1v) is 3.53. The number of ether oxygens (including phenoxy) is 2. The number of amides is 1. The van der Waals surface area contributed by atoms with Gasteiger partial charge in [-0.3, -0.25) is 0 Å². The summed E-state index contributed by atoms with van der Waals surface area (Å²) in [6, 6.07) is 0. The van der Waals surface area contributed by atoms with Crippen molar-refractivity contribution in [1.82, 2.24) is 5.32 Å². The highest BCUT2D eigenvalue weighted by Gasteiger charge is 2.14. The number of primary amides is 1. The third-order valence-electron chi connectivity index (χ3n) is 1.38. The van der Waals surface area contributed by atoms with Gasteiger partial charge in [-0.2, -0.15) is 0 Å². The van der Waals surface area contributed by atoms with Gasteiger partial charge >= 0.3 is 6.09 Å². The van der Waals surface area contributed by atoms with Crippen LogP contribution in [0.4, 0.5) is 4.79 Å². The van der Waals surface area contributed by atoms with Gasteiger partial charge in [0.1, 0.15) is 6.10 Å². The third-order valence-corrected chi connectivity index (χ3v) is 1.38. The van der Waals surface area contributed by atoms with Crippen molar-refractivity contribution < 1.29 is 14.3 Å². The van der Waals surface area contributed by atoms with Crippen molar-refractivity contribution in [3.63, 3.8) is 0 Å². The van der Waals surface area contributed by atoms with Crippen LogP contribution in [0.1, 0.15) is 0 Å². The van der Waals surface area contributed by atoms with Gasteiger partial charge in [0, 0.05) is 13.1 Å². The number of hydrogen-bond acceptors (Lipinski definition) is 4. The van der Waals surface area contributed by atoms with Crippen molar-refractivity contribution in [2.45, 2.75) is 6.10 Å². The standard InChI is InChI=1S/C6H12N2O3/c7-6(9)11-5-3-8-1-2-10-4-5/h5,8H,1-4H2,(H2,7,9). The van der Waals surface area contributed by atoms with Gasteiger partial charge in [0.05, 0.1) is 13.2 Å². The summed E-state index contributed by atoms with van der Waals surface area (Å²) >= 11 is 0. The third kappa shape index (κ3) is 3.20. The van der Waals surface area contributed by atoms with Crippen LogP contribution < -0.4 is 11.1 Å². The molecular formula is C6H12N2O3. The Morgan fingerprint density at radius 3 is 3.27 bits per heavy atom. The molecule has 11 heavy (non-hydrogen) atoms. The van der Waals surface area contributed by atoms with E-state index in [-0.39, 0.29) is 6.10 Å². The van der Waals surface area contributed by atoms with Gasteiger partial charge in [-0.05, 0) is 0 Å². The van der Waals surface area contributed by atoms with Crippen LogP contribution >= 0.6 is 0 Å². The minimum absolute atomic E-state index is 0.241. The van der Waals surface area contributed by atoms with Crippen molar-refractivity contribution in [3.8, 4) is 0 Å².